The molecule has 0 N–H and O–H groups in total. The lowest BCUT2D eigenvalue weighted by Crippen LogP contribution is -2.45. The van der Waals surface area contributed by atoms with Gasteiger partial charge in [-0.2, -0.15) is 0 Å². The molecule has 7 heteroatoms. The number of hydrogen-bond donors (Lipinski definition) is 0. The van der Waals surface area contributed by atoms with Crippen LogP contribution in [-0.2, 0) is 24.0 Å². The number of rotatable bonds is 4. The van der Waals surface area contributed by atoms with E-state index < -0.39 is 0 Å². The highest BCUT2D eigenvalue weighted by Crippen LogP contribution is 2.66. The van der Waals surface area contributed by atoms with Gasteiger partial charge in [-0.1, -0.05) is 33.6 Å². The van der Waals surface area contributed by atoms with Gasteiger partial charge in [0.1, 0.15) is 5.78 Å². The Labute approximate surface area is 257 Å². The van der Waals surface area contributed by atoms with Crippen LogP contribution in [0.15, 0.2) is 0 Å². The topological polar surface area (TPSA) is 91.8 Å². The van der Waals surface area contributed by atoms with E-state index in [0.29, 0.717) is 55.3 Å². The number of hydrogen-bond acceptors (Lipinski definition) is 5. The van der Waals surface area contributed by atoms with Gasteiger partial charge >= 0.3 is 0 Å². The molecule has 0 spiro atoms. The van der Waals surface area contributed by atoms with Crippen LogP contribution in [-0.4, -0.2) is 52.3 Å². The first-order valence-electron chi connectivity index (χ1n) is 17.6. The van der Waals surface area contributed by atoms with Crippen molar-refractivity contribution in [3.05, 3.63) is 0 Å². The van der Waals surface area contributed by atoms with Gasteiger partial charge in [0.15, 0.2) is 0 Å². The summed E-state index contributed by atoms with van der Waals surface area (Å²) in [7, 11) is 1.55. The van der Waals surface area contributed by atoms with E-state index >= 15 is 0 Å². The van der Waals surface area contributed by atoms with Crippen LogP contribution in [0.4, 0.5) is 0 Å². The van der Waals surface area contributed by atoms with Gasteiger partial charge in [-0.05, 0) is 112 Å². The van der Waals surface area contributed by atoms with Crippen molar-refractivity contribution in [1.29, 1.82) is 0 Å². The Morgan fingerprint density at radius 2 is 1.14 bits per heavy atom. The quantitative estimate of drug-likeness (QED) is 0.386. The number of imide groups is 2. The molecule has 9 atom stereocenters. The minimum absolute atomic E-state index is 0.00866. The van der Waals surface area contributed by atoms with Crippen molar-refractivity contribution in [3.63, 3.8) is 0 Å². The van der Waals surface area contributed by atoms with E-state index in [1.54, 1.807) is 11.9 Å². The predicted molar refractivity (Wildman–Crippen MR) is 161 cm³/mol. The summed E-state index contributed by atoms with van der Waals surface area (Å²) in [5, 5.41) is 0. The maximum absolute atomic E-state index is 13.8. The lowest BCUT2D eigenvalue weighted by atomic mass is 9.60. The molecule has 0 radical (unpaired) electrons. The Balaban J connectivity index is 0.981. The third kappa shape index (κ3) is 4.51. The van der Waals surface area contributed by atoms with Crippen molar-refractivity contribution in [2.24, 2.45) is 64.1 Å². The zero-order valence-electron chi connectivity index (χ0n) is 26.8. The number of fused-ring (bicyclic) bond motifs is 3. The summed E-state index contributed by atoms with van der Waals surface area (Å²) < 4.78 is 0. The molecule has 0 aromatic rings. The first-order chi connectivity index (χ1) is 20.4. The number of carbonyl (C=O) groups excluding carboxylic acids is 5. The molecule has 2 aliphatic heterocycles. The summed E-state index contributed by atoms with van der Waals surface area (Å²) in [4.78, 5) is 69.1. The lowest BCUT2D eigenvalue weighted by Gasteiger charge is -2.46. The Morgan fingerprint density at radius 1 is 0.628 bits per heavy atom. The summed E-state index contributed by atoms with van der Waals surface area (Å²) in [6.07, 6.45) is 14.2. The molecule has 7 rings (SSSR count). The highest BCUT2D eigenvalue weighted by atomic mass is 16.2. The summed E-state index contributed by atoms with van der Waals surface area (Å²) in [6.45, 7) is 7.55. The second-order valence-electron chi connectivity index (χ2n) is 16.8. The van der Waals surface area contributed by atoms with E-state index in [1.165, 1.54) is 37.0 Å². The molecule has 0 aromatic carbocycles. The zero-order chi connectivity index (χ0) is 30.4. The maximum Gasteiger partial charge on any atom is 0.233 e. The summed E-state index contributed by atoms with van der Waals surface area (Å²) in [5.41, 5.74) is 0.770. The second-order valence-corrected chi connectivity index (χ2v) is 16.8. The fourth-order valence-corrected chi connectivity index (χ4v) is 12.3. The third-order valence-electron chi connectivity index (χ3n) is 14.4. The molecule has 43 heavy (non-hydrogen) atoms. The average molecular weight is 593 g/mol. The summed E-state index contributed by atoms with van der Waals surface area (Å²) >= 11 is 0. The van der Waals surface area contributed by atoms with Crippen molar-refractivity contribution in [3.8, 4) is 0 Å². The number of Topliss-reactive ketones (excluding diaryl/α,β-unsaturated/α-hetero) is 1. The van der Waals surface area contributed by atoms with Crippen molar-refractivity contribution in [1.82, 2.24) is 9.80 Å². The standard InChI is InChI=1S/C36H52N2O5/c1-35(2)19-36(3,29-8-6-5-7-28(29)35)22-11-13-23(14-12-22)38-33(42)25-16-10-21(18-27(25)34(38)43)30(39)20-9-15-24-26(17-20)32(41)37(4)31(24)40/h20-29H,5-19H2,1-4H3. The molecule has 2 heterocycles. The Hall–Kier alpha value is -2.05. The number of nitrogens with zero attached hydrogens (tertiary/aromatic N) is 2. The molecule has 4 amide bonds. The predicted octanol–water partition coefficient (Wildman–Crippen LogP) is 5.79. The van der Waals surface area contributed by atoms with Gasteiger partial charge in [0, 0.05) is 24.9 Å². The molecule has 236 valence electrons. The highest BCUT2D eigenvalue weighted by Gasteiger charge is 2.59. The van der Waals surface area contributed by atoms with Gasteiger partial charge in [0.25, 0.3) is 0 Å². The van der Waals surface area contributed by atoms with Gasteiger partial charge in [0.05, 0.1) is 23.7 Å². The van der Waals surface area contributed by atoms with Gasteiger partial charge in [0.2, 0.25) is 23.6 Å². The van der Waals surface area contributed by atoms with Gasteiger partial charge < -0.3 is 0 Å². The molecule has 9 unspecified atom stereocenters. The highest BCUT2D eigenvalue weighted by molar-refractivity contribution is 6.06. The second kappa shape index (κ2) is 10.5. The van der Waals surface area contributed by atoms with Crippen LogP contribution in [0.3, 0.4) is 0 Å². The van der Waals surface area contributed by atoms with Crippen molar-refractivity contribution in [2.45, 2.75) is 123 Å². The fourth-order valence-electron chi connectivity index (χ4n) is 12.3. The average Bonchev–Trinajstić information content (AvgIpc) is 3.49. The van der Waals surface area contributed by atoms with Crippen LogP contribution in [0.2, 0.25) is 0 Å². The van der Waals surface area contributed by atoms with Crippen LogP contribution in [0, 0.1) is 64.1 Å². The molecule has 7 aliphatic rings. The largest absolute Gasteiger partial charge is 0.299 e. The first-order valence-corrected chi connectivity index (χ1v) is 17.6. The Morgan fingerprint density at radius 3 is 1.77 bits per heavy atom. The van der Waals surface area contributed by atoms with Gasteiger partial charge in [-0.3, -0.25) is 33.8 Å². The number of carbonyl (C=O) groups is 5. The number of amides is 4. The minimum Gasteiger partial charge on any atom is -0.299 e. The van der Waals surface area contributed by atoms with E-state index in [-0.39, 0.29) is 71.0 Å². The monoisotopic (exact) mass is 592 g/mol. The number of likely N-dealkylation sites (tertiary alicyclic amines) is 2. The summed E-state index contributed by atoms with van der Waals surface area (Å²) in [6, 6.07) is 0.00866. The SMILES string of the molecule is CN1C(=O)C2CCC(C(=O)C3CCC4C(=O)N(C5CCC(C6(C)CC(C)(C)C7CCCCC76)CC5)C(=O)C4C3)CC2C1=O. The van der Waals surface area contributed by atoms with E-state index in [0.717, 1.165) is 37.5 Å². The molecule has 5 aliphatic carbocycles. The lowest BCUT2D eigenvalue weighted by molar-refractivity contribution is -0.144. The molecular weight excluding hydrogens is 540 g/mol. The molecule has 2 saturated heterocycles. The van der Waals surface area contributed by atoms with Crippen LogP contribution in [0.5, 0.6) is 0 Å². The molecule has 0 bridgehead atoms. The number of ketones is 1. The van der Waals surface area contributed by atoms with E-state index in [1.807, 2.05) is 0 Å². The van der Waals surface area contributed by atoms with Crippen molar-refractivity contribution >= 4 is 29.4 Å². The molecule has 7 nitrogen and oxygen atoms in total. The molecule has 7 fully saturated rings. The molecule has 0 aromatic heterocycles. The maximum atomic E-state index is 13.8. The molecule has 5 saturated carbocycles. The van der Waals surface area contributed by atoms with Gasteiger partial charge in [-0.15, -0.1) is 0 Å². The van der Waals surface area contributed by atoms with Crippen LogP contribution in [0.25, 0.3) is 0 Å². The first kappa shape index (κ1) is 29.6. The van der Waals surface area contributed by atoms with Crippen molar-refractivity contribution < 1.29 is 24.0 Å². The fraction of sp³-hybridized carbons (Fsp3) is 0.861. The third-order valence-corrected chi connectivity index (χ3v) is 14.4. The van der Waals surface area contributed by atoms with E-state index in [2.05, 4.69) is 20.8 Å². The van der Waals surface area contributed by atoms with Gasteiger partial charge in [-0.25, -0.2) is 0 Å². The Bertz CT molecular complexity index is 1220. The minimum atomic E-state index is -0.376. The zero-order valence-corrected chi connectivity index (χ0v) is 26.8. The van der Waals surface area contributed by atoms with E-state index in [9.17, 15) is 24.0 Å². The molecular formula is C36H52N2O5. The van der Waals surface area contributed by atoms with E-state index in [4.69, 9.17) is 0 Å². The summed E-state index contributed by atoms with van der Waals surface area (Å²) in [5.74, 6) is 0.448. The smallest absolute Gasteiger partial charge is 0.233 e. The van der Waals surface area contributed by atoms with Crippen molar-refractivity contribution in [2.75, 3.05) is 7.05 Å². The van der Waals surface area contributed by atoms with Crippen LogP contribution in [0.1, 0.15) is 117 Å². The van der Waals surface area contributed by atoms with Crippen LogP contribution < -0.4 is 0 Å². The normalized spacial score (nSPS) is 46.1. The Kier molecular flexibility index (Phi) is 7.24. The van der Waals surface area contributed by atoms with Crippen LogP contribution >= 0.6 is 0 Å².